The van der Waals surface area contributed by atoms with Crippen molar-refractivity contribution >= 4 is 21.8 Å². The van der Waals surface area contributed by atoms with Gasteiger partial charge in [-0.05, 0) is 46.5 Å². The van der Waals surface area contributed by atoms with Crippen molar-refractivity contribution in [3.05, 3.63) is 34.1 Å². The summed E-state index contributed by atoms with van der Waals surface area (Å²) in [5.41, 5.74) is 0.352. The van der Waals surface area contributed by atoms with Crippen LogP contribution in [0, 0.1) is 11.7 Å². The lowest BCUT2D eigenvalue weighted by Crippen LogP contribution is -2.24. The summed E-state index contributed by atoms with van der Waals surface area (Å²) in [4.78, 5) is 11.9. The number of carbonyl (C=O) groups is 1. The fourth-order valence-electron chi connectivity index (χ4n) is 2.00. The summed E-state index contributed by atoms with van der Waals surface area (Å²) in [7, 11) is 0. The number of nitrogens with one attached hydrogen (secondary N) is 1. The molecule has 4 heteroatoms. The average molecular weight is 344 g/mol. The van der Waals surface area contributed by atoms with Crippen molar-refractivity contribution in [3.63, 3.8) is 0 Å². The Hall–Kier alpha value is -0.900. The Morgan fingerprint density at radius 3 is 2.65 bits per heavy atom. The van der Waals surface area contributed by atoms with E-state index in [1.807, 2.05) is 0 Å². The Balaban J connectivity index is 2.22. The molecule has 0 saturated carbocycles. The molecule has 1 aromatic carbocycles. The first kappa shape index (κ1) is 17.2. The van der Waals surface area contributed by atoms with Gasteiger partial charge in [-0.25, -0.2) is 4.39 Å². The summed E-state index contributed by atoms with van der Waals surface area (Å²) in [6, 6.07) is 4.13. The molecule has 1 N–H and O–H groups in total. The topological polar surface area (TPSA) is 29.1 Å². The van der Waals surface area contributed by atoms with Gasteiger partial charge in [0.2, 0.25) is 0 Å². The molecule has 0 bridgehead atoms. The lowest BCUT2D eigenvalue weighted by Gasteiger charge is -2.07. The van der Waals surface area contributed by atoms with Crippen LogP contribution in [-0.4, -0.2) is 12.5 Å². The van der Waals surface area contributed by atoms with E-state index in [-0.39, 0.29) is 5.91 Å². The van der Waals surface area contributed by atoms with E-state index >= 15 is 0 Å². The van der Waals surface area contributed by atoms with Crippen LogP contribution in [0.2, 0.25) is 0 Å². The van der Waals surface area contributed by atoms with Gasteiger partial charge in [-0.1, -0.05) is 39.5 Å². The molecule has 0 radical (unpaired) electrons. The zero-order valence-electron chi connectivity index (χ0n) is 12.2. The number of carbonyl (C=O) groups excluding carboxylic acids is 1. The van der Waals surface area contributed by atoms with Crippen LogP contribution in [0.15, 0.2) is 22.7 Å². The minimum absolute atomic E-state index is 0.224. The van der Waals surface area contributed by atoms with E-state index < -0.39 is 5.82 Å². The monoisotopic (exact) mass is 343 g/mol. The molecular weight excluding hydrogens is 321 g/mol. The molecule has 112 valence electrons. The summed E-state index contributed by atoms with van der Waals surface area (Å²) in [5.74, 6) is 0.144. The average Bonchev–Trinajstić information content (AvgIpc) is 2.39. The van der Waals surface area contributed by atoms with E-state index in [9.17, 15) is 9.18 Å². The van der Waals surface area contributed by atoms with Gasteiger partial charge in [0.25, 0.3) is 5.91 Å². The van der Waals surface area contributed by atoms with Gasteiger partial charge in [0.05, 0.1) is 5.56 Å². The van der Waals surface area contributed by atoms with Crippen molar-refractivity contribution in [2.45, 2.75) is 46.0 Å². The van der Waals surface area contributed by atoms with E-state index in [1.54, 1.807) is 6.07 Å². The number of rotatable bonds is 8. The van der Waals surface area contributed by atoms with Crippen LogP contribution in [0.25, 0.3) is 0 Å². The molecule has 0 saturated heterocycles. The maximum absolute atomic E-state index is 13.1. The summed E-state index contributed by atoms with van der Waals surface area (Å²) >= 11 is 3.26. The van der Waals surface area contributed by atoms with Crippen LogP contribution < -0.4 is 5.32 Å². The first-order chi connectivity index (χ1) is 9.50. The fourth-order valence-corrected chi connectivity index (χ4v) is 2.43. The zero-order valence-corrected chi connectivity index (χ0v) is 13.8. The fraction of sp³-hybridized carbons (Fsp3) is 0.562. The van der Waals surface area contributed by atoms with Crippen LogP contribution in [0.1, 0.15) is 56.3 Å². The number of halogens is 2. The number of hydrogen-bond donors (Lipinski definition) is 1. The number of hydrogen-bond acceptors (Lipinski definition) is 1. The maximum Gasteiger partial charge on any atom is 0.252 e. The van der Waals surface area contributed by atoms with E-state index in [0.717, 1.165) is 18.8 Å². The number of unbranched alkanes of at least 4 members (excludes halogenated alkanes) is 3. The predicted octanol–water partition coefficient (Wildman–Crippen LogP) is 4.92. The van der Waals surface area contributed by atoms with Gasteiger partial charge in [-0.2, -0.15) is 0 Å². The third-order valence-electron chi connectivity index (χ3n) is 3.17. The molecule has 0 aliphatic carbocycles. The summed E-state index contributed by atoms with van der Waals surface area (Å²) in [6.07, 6.45) is 5.81. The normalized spacial score (nSPS) is 10.8. The minimum atomic E-state index is -0.396. The molecule has 2 nitrogen and oxygen atoms in total. The Morgan fingerprint density at radius 1 is 1.25 bits per heavy atom. The predicted molar refractivity (Wildman–Crippen MR) is 84.4 cm³/mol. The van der Waals surface area contributed by atoms with Gasteiger partial charge >= 0.3 is 0 Å². The van der Waals surface area contributed by atoms with Crippen LogP contribution in [-0.2, 0) is 0 Å². The van der Waals surface area contributed by atoms with Gasteiger partial charge in [-0.3, -0.25) is 4.79 Å². The van der Waals surface area contributed by atoms with E-state index in [2.05, 4.69) is 35.1 Å². The molecular formula is C16H23BrFNO. The number of amides is 1. The third kappa shape index (κ3) is 6.51. The highest BCUT2D eigenvalue weighted by atomic mass is 79.9. The molecule has 0 aliphatic heterocycles. The molecule has 0 heterocycles. The third-order valence-corrected chi connectivity index (χ3v) is 3.86. The Labute approximate surface area is 129 Å². The second kappa shape index (κ2) is 9.11. The van der Waals surface area contributed by atoms with E-state index in [0.29, 0.717) is 16.6 Å². The standard InChI is InChI=1S/C16H23BrFNO/c1-12(2)7-5-3-4-6-10-19-16(20)14-11-13(18)8-9-15(14)17/h8-9,11-12H,3-7,10H2,1-2H3,(H,19,20). The second-order valence-corrected chi connectivity index (χ2v) is 6.33. The van der Waals surface area contributed by atoms with Crippen LogP contribution in [0.5, 0.6) is 0 Å². The van der Waals surface area contributed by atoms with Crippen molar-refractivity contribution < 1.29 is 9.18 Å². The smallest absolute Gasteiger partial charge is 0.252 e. The summed E-state index contributed by atoms with van der Waals surface area (Å²) in [6.45, 7) is 5.11. The Kier molecular flexibility index (Phi) is 7.82. The second-order valence-electron chi connectivity index (χ2n) is 5.48. The molecule has 0 aromatic heterocycles. The molecule has 0 spiro atoms. The van der Waals surface area contributed by atoms with E-state index in [4.69, 9.17) is 0 Å². The van der Waals surface area contributed by atoms with Crippen molar-refractivity contribution in [1.29, 1.82) is 0 Å². The highest BCUT2D eigenvalue weighted by Gasteiger charge is 2.10. The van der Waals surface area contributed by atoms with Gasteiger partial charge in [-0.15, -0.1) is 0 Å². The Morgan fingerprint density at radius 2 is 1.95 bits per heavy atom. The van der Waals surface area contributed by atoms with Gasteiger partial charge in [0.15, 0.2) is 0 Å². The largest absolute Gasteiger partial charge is 0.352 e. The van der Waals surface area contributed by atoms with Gasteiger partial charge < -0.3 is 5.32 Å². The van der Waals surface area contributed by atoms with Crippen LogP contribution >= 0.6 is 15.9 Å². The molecule has 0 aliphatic rings. The lowest BCUT2D eigenvalue weighted by molar-refractivity contribution is 0.0951. The molecule has 1 rings (SSSR count). The van der Waals surface area contributed by atoms with Crippen molar-refractivity contribution in [1.82, 2.24) is 5.32 Å². The van der Waals surface area contributed by atoms with Crippen molar-refractivity contribution in [2.24, 2.45) is 5.92 Å². The Bertz CT molecular complexity index is 434. The van der Waals surface area contributed by atoms with Gasteiger partial charge in [0.1, 0.15) is 5.82 Å². The van der Waals surface area contributed by atoms with Crippen molar-refractivity contribution in [2.75, 3.05) is 6.54 Å². The van der Waals surface area contributed by atoms with Crippen molar-refractivity contribution in [3.8, 4) is 0 Å². The maximum atomic E-state index is 13.1. The number of benzene rings is 1. The molecule has 0 unspecified atom stereocenters. The minimum Gasteiger partial charge on any atom is -0.352 e. The SMILES string of the molecule is CC(C)CCCCCCNC(=O)c1cc(F)ccc1Br. The molecule has 1 aromatic rings. The van der Waals surface area contributed by atoms with Gasteiger partial charge in [0, 0.05) is 11.0 Å². The quantitative estimate of drug-likeness (QED) is 0.666. The lowest BCUT2D eigenvalue weighted by atomic mass is 10.0. The van der Waals surface area contributed by atoms with Crippen LogP contribution in [0.4, 0.5) is 4.39 Å². The van der Waals surface area contributed by atoms with Crippen LogP contribution in [0.3, 0.4) is 0 Å². The first-order valence-electron chi connectivity index (χ1n) is 7.24. The molecule has 0 atom stereocenters. The summed E-state index contributed by atoms with van der Waals surface area (Å²) in [5, 5.41) is 2.83. The molecule has 20 heavy (non-hydrogen) atoms. The first-order valence-corrected chi connectivity index (χ1v) is 8.03. The highest BCUT2D eigenvalue weighted by molar-refractivity contribution is 9.10. The molecule has 1 amide bonds. The highest BCUT2D eigenvalue weighted by Crippen LogP contribution is 2.17. The zero-order chi connectivity index (χ0) is 15.0. The molecule has 0 fully saturated rings. The van der Waals surface area contributed by atoms with E-state index in [1.165, 1.54) is 31.4 Å². The summed E-state index contributed by atoms with van der Waals surface area (Å²) < 4.78 is 13.7.